The fraction of sp³-hybridized carbons (Fsp3) is 0.0435. The molecule has 6 nitrogen and oxygen atoms in total. The van der Waals surface area contributed by atoms with E-state index in [1.165, 1.54) is 0 Å². The van der Waals surface area contributed by atoms with Crippen LogP contribution in [0.15, 0.2) is 98.0 Å². The highest BCUT2D eigenvalue weighted by molar-refractivity contribution is 5.76. The average molecular weight is 378 g/mol. The molecule has 140 valence electrons. The third kappa shape index (κ3) is 3.43. The summed E-state index contributed by atoms with van der Waals surface area (Å²) in [6.07, 6.45) is 11.0. The molecule has 6 heteroatoms. The fourth-order valence-electron chi connectivity index (χ4n) is 3.35. The Morgan fingerprint density at radius 3 is 2.41 bits per heavy atom. The lowest BCUT2D eigenvalue weighted by molar-refractivity contribution is 0.942. The van der Waals surface area contributed by atoms with Crippen molar-refractivity contribution in [2.75, 3.05) is 4.90 Å². The Hall–Kier alpha value is -4.06. The summed E-state index contributed by atoms with van der Waals surface area (Å²) in [5.74, 6) is 0.847. The van der Waals surface area contributed by atoms with Gasteiger partial charge in [-0.1, -0.05) is 18.2 Å². The van der Waals surface area contributed by atoms with Gasteiger partial charge in [0.05, 0.1) is 22.9 Å². The summed E-state index contributed by atoms with van der Waals surface area (Å²) in [5.41, 5.74) is 5.17. The van der Waals surface area contributed by atoms with Gasteiger partial charge >= 0.3 is 0 Å². The lowest BCUT2D eigenvalue weighted by atomic mass is 10.2. The van der Waals surface area contributed by atoms with Crippen LogP contribution in [0, 0.1) is 0 Å². The molecule has 4 heterocycles. The Bertz CT molecular complexity index is 1180. The standard InChI is InChI=1S/C23H18N6/c1-2-6-22-21(5-1)27-17-29(22)23-8-7-18(14-26-23)16-28(19-9-12-24-13-10-19)20-4-3-11-25-15-20/h1-15,17H,16H2. The van der Waals surface area contributed by atoms with E-state index in [0.717, 1.165) is 33.8 Å². The predicted molar refractivity (Wildman–Crippen MR) is 113 cm³/mol. The number of pyridine rings is 3. The number of benzene rings is 1. The summed E-state index contributed by atoms with van der Waals surface area (Å²) in [7, 11) is 0. The Morgan fingerprint density at radius 2 is 1.62 bits per heavy atom. The molecule has 5 rings (SSSR count). The lowest BCUT2D eigenvalue weighted by Gasteiger charge is -2.24. The number of rotatable bonds is 5. The van der Waals surface area contributed by atoms with Crippen LogP contribution in [-0.2, 0) is 6.54 Å². The minimum absolute atomic E-state index is 0.674. The molecule has 0 unspecified atom stereocenters. The SMILES string of the molecule is c1cncc(N(Cc2ccc(-n3cnc4ccccc43)nc2)c2ccncc2)c1. The van der Waals surface area contributed by atoms with Crippen molar-refractivity contribution in [3.05, 3.63) is 104 Å². The van der Waals surface area contributed by atoms with Crippen molar-refractivity contribution in [2.24, 2.45) is 0 Å². The van der Waals surface area contributed by atoms with Crippen LogP contribution in [0.4, 0.5) is 11.4 Å². The van der Waals surface area contributed by atoms with Crippen molar-refractivity contribution in [3.8, 4) is 5.82 Å². The number of imidazole rings is 1. The molecule has 5 aromatic rings. The van der Waals surface area contributed by atoms with Crippen LogP contribution in [0.25, 0.3) is 16.9 Å². The molecule has 0 aliphatic carbocycles. The third-order valence-corrected chi connectivity index (χ3v) is 4.78. The first-order chi connectivity index (χ1) is 14.4. The molecule has 0 aliphatic rings. The quantitative estimate of drug-likeness (QED) is 0.449. The summed E-state index contributed by atoms with van der Waals surface area (Å²) in [5, 5.41) is 0. The zero-order valence-electron chi connectivity index (χ0n) is 15.6. The van der Waals surface area contributed by atoms with E-state index in [0.29, 0.717) is 6.54 Å². The smallest absolute Gasteiger partial charge is 0.138 e. The molecule has 4 aromatic heterocycles. The van der Waals surface area contributed by atoms with E-state index >= 15 is 0 Å². The van der Waals surface area contributed by atoms with Gasteiger partial charge in [-0.05, 0) is 48.0 Å². The molecule has 0 saturated heterocycles. The van der Waals surface area contributed by atoms with E-state index < -0.39 is 0 Å². The van der Waals surface area contributed by atoms with Gasteiger partial charge in [0.1, 0.15) is 12.1 Å². The van der Waals surface area contributed by atoms with Gasteiger partial charge in [-0.2, -0.15) is 0 Å². The summed E-state index contributed by atoms with van der Waals surface area (Å²) < 4.78 is 2.00. The second kappa shape index (κ2) is 7.52. The molecule has 0 fully saturated rings. The van der Waals surface area contributed by atoms with Crippen molar-refractivity contribution in [1.82, 2.24) is 24.5 Å². The van der Waals surface area contributed by atoms with E-state index in [4.69, 9.17) is 0 Å². The minimum Gasteiger partial charge on any atom is -0.336 e. The van der Waals surface area contributed by atoms with Gasteiger partial charge in [-0.15, -0.1) is 0 Å². The van der Waals surface area contributed by atoms with E-state index in [-0.39, 0.29) is 0 Å². The van der Waals surface area contributed by atoms with Gasteiger partial charge in [0.2, 0.25) is 0 Å². The Labute approximate surface area is 168 Å². The Morgan fingerprint density at radius 1 is 0.724 bits per heavy atom. The first-order valence-corrected chi connectivity index (χ1v) is 9.33. The highest BCUT2D eigenvalue weighted by Crippen LogP contribution is 2.26. The summed E-state index contributed by atoms with van der Waals surface area (Å²) in [6.45, 7) is 0.674. The number of nitrogens with zero attached hydrogens (tertiary/aromatic N) is 6. The maximum absolute atomic E-state index is 4.68. The number of anilines is 2. The van der Waals surface area contributed by atoms with E-state index in [2.05, 4.69) is 30.9 Å². The second-order valence-corrected chi connectivity index (χ2v) is 6.63. The molecule has 0 atom stereocenters. The van der Waals surface area contributed by atoms with Crippen LogP contribution >= 0.6 is 0 Å². The number of hydrogen-bond donors (Lipinski definition) is 0. The molecule has 0 N–H and O–H groups in total. The third-order valence-electron chi connectivity index (χ3n) is 4.78. The molecule has 0 spiro atoms. The van der Waals surface area contributed by atoms with Crippen LogP contribution in [0.3, 0.4) is 0 Å². The van der Waals surface area contributed by atoms with Crippen LogP contribution in [0.5, 0.6) is 0 Å². The van der Waals surface area contributed by atoms with Gasteiger partial charge in [0.25, 0.3) is 0 Å². The zero-order valence-corrected chi connectivity index (χ0v) is 15.6. The first-order valence-electron chi connectivity index (χ1n) is 9.33. The molecular formula is C23H18N6. The normalized spacial score (nSPS) is 10.9. The maximum Gasteiger partial charge on any atom is 0.138 e. The van der Waals surface area contributed by atoms with E-state index in [9.17, 15) is 0 Å². The van der Waals surface area contributed by atoms with Gasteiger partial charge < -0.3 is 4.90 Å². The number of fused-ring (bicyclic) bond motifs is 1. The predicted octanol–water partition coefficient (Wildman–Crippen LogP) is 4.55. The lowest BCUT2D eigenvalue weighted by Crippen LogP contribution is -2.17. The summed E-state index contributed by atoms with van der Waals surface area (Å²) in [4.78, 5) is 19.7. The molecule has 0 aliphatic heterocycles. The summed E-state index contributed by atoms with van der Waals surface area (Å²) >= 11 is 0. The number of para-hydroxylation sites is 2. The Balaban J connectivity index is 1.46. The molecule has 0 amide bonds. The molecule has 0 bridgehead atoms. The minimum atomic E-state index is 0.674. The van der Waals surface area contributed by atoms with Gasteiger partial charge in [-0.25, -0.2) is 9.97 Å². The van der Waals surface area contributed by atoms with Crippen molar-refractivity contribution in [1.29, 1.82) is 0 Å². The van der Waals surface area contributed by atoms with Crippen molar-refractivity contribution in [3.63, 3.8) is 0 Å². The molecule has 0 radical (unpaired) electrons. The highest BCUT2D eigenvalue weighted by atomic mass is 15.1. The largest absolute Gasteiger partial charge is 0.336 e. The number of hydrogen-bond acceptors (Lipinski definition) is 5. The zero-order chi connectivity index (χ0) is 19.5. The second-order valence-electron chi connectivity index (χ2n) is 6.63. The topological polar surface area (TPSA) is 59.7 Å². The van der Waals surface area contributed by atoms with Crippen LogP contribution in [-0.4, -0.2) is 24.5 Å². The monoisotopic (exact) mass is 378 g/mol. The molecule has 1 aromatic carbocycles. The van der Waals surface area contributed by atoms with Crippen molar-refractivity contribution >= 4 is 22.4 Å². The first kappa shape index (κ1) is 17.1. The van der Waals surface area contributed by atoms with E-state index in [1.54, 1.807) is 18.6 Å². The van der Waals surface area contributed by atoms with Gasteiger partial charge in [0, 0.05) is 37.0 Å². The van der Waals surface area contributed by atoms with Crippen LogP contribution in [0.2, 0.25) is 0 Å². The Kier molecular flexibility index (Phi) is 4.42. The maximum atomic E-state index is 4.68. The average Bonchev–Trinajstić information content (AvgIpc) is 3.23. The molecule has 29 heavy (non-hydrogen) atoms. The fourth-order valence-corrected chi connectivity index (χ4v) is 3.35. The highest BCUT2D eigenvalue weighted by Gasteiger charge is 2.11. The molecular weight excluding hydrogens is 360 g/mol. The van der Waals surface area contributed by atoms with Crippen molar-refractivity contribution in [2.45, 2.75) is 6.54 Å². The van der Waals surface area contributed by atoms with Crippen LogP contribution < -0.4 is 4.90 Å². The molecule has 0 saturated carbocycles. The van der Waals surface area contributed by atoms with Crippen molar-refractivity contribution < 1.29 is 0 Å². The van der Waals surface area contributed by atoms with Gasteiger partial charge in [-0.3, -0.25) is 14.5 Å². The van der Waals surface area contributed by atoms with Gasteiger partial charge in [0.15, 0.2) is 0 Å². The summed E-state index contributed by atoms with van der Waals surface area (Å²) in [6, 6.07) is 20.1. The van der Waals surface area contributed by atoms with Crippen LogP contribution in [0.1, 0.15) is 5.56 Å². The van der Waals surface area contributed by atoms with E-state index in [1.807, 2.05) is 77.9 Å². The number of aromatic nitrogens is 5.